The van der Waals surface area contributed by atoms with E-state index in [2.05, 4.69) is 6.58 Å². The van der Waals surface area contributed by atoms with Crippen LogP contribution >= 0.6 is 35.7 Å². The van der Waals surface area contributed by atoms with Gasteiger partial charge in [0.15, 0.2) is 15.8 Å². The summed E-state index contributed by atoms with van der Waals surface area (Å²) in [5, 5.41) is 0. The molecule has 0 aromatic heterocycles. The monoisotopic (exact) mass is 457 g/mol. The van der Waals surface area contributed by atoms with E-state index in [1.54, 1.807) is 23.8 Å². The van der Waals surface area contributed by atoms with Crippen molar-refractivity contribution >= 4 is 57.7 Å². The second kappa shape index (κ2) is 10.2. The number of carbonyl (C=O) groups excluding carboxylic acids is 1. The third-order valence-corrected chi connectivity index (χ3v) is 6.45. The number of thioether (sulfide) groups is 2. The lowest BCUT2D eigenvalue weighted by Crippen LogP contribution is -2.27. The third-order valence-electron chi connectivity index (χ3n) is 4.43. The van der Waals surface area contributed by atoms with Gasteiger partial charge in [-0.2, -0.15) is 0 Å². The SMILES string of the molecule is C=CCc1cc(/C=C2/SC(=S)N(c3cccc(SC)c3)C2=O)cc(OCC)c1OC. The zero-order chi connectivity index (χ0) is 21.7. The van der Waals surface area contributed by atoms with E-state index in [1.165, 1.54) is 11.8 Å². The first-order valence-corrected chi connectivity index (χ1v) is 11.8. The summed E-state index contributed by atoms with van der Waals surface area (Å²) in [6.07, 6.45) is 6.30. The standard InChI is InChI=1S/C23H23NO3S3/c1-5-8-16-11-15(12-19(27-6-2)21(16)26-3)13-20-22(25)24(23(28)30-20)17-9-7-10-18(14-17)29-4/h5,7,9-14H,1,6,8H2,2-4H3/b20-13+. The number of allylic oxidation sites excluding steroid dienone is 1. The number of hydrogen-bond acceptors (Lipinski definition) is 6. The molecule has 1 heterocycles. The summed E-state index contributed by atoms with van der Waals surface area (Å²) in [5.74, 6) is 1.21. The Morgan fingerprint density at radius 2 is 2.10 bits per heavy atom. The second-order valence-electron chi connectivity index (χ2n) is 6.36. The van der Waals surface area contributed by atoms with Gasteiger partial charge in [0.2, 0.25) is 0 Å². The van der Waals surface area contributed by atoms with Gasteiger partial charge >= 0.3 is 0 Å². The van der Waals surface area contributed by atoms with Gasteiger partial charge in [-0.15, -0.1) is 18.3 Å². The van der Waals surface area contributed by atoms with Crippen molar-refractivity contribution in [3.05, 3.63) is 65.1 Å². The molecule has 7 heteroatoms. The molecule has 0 aliphatic carbocycles. The largest absolute Gasteiger partial charge is 0.493 e. The summed E-state index contributed by atoms with van der Waals surface area (Å²) < 4.78 is 11.8. The summed E-state index contributed by atoms with van der Waals surface area (Å²) in [5.41, 5.74) is 2.59. The molecule has 0 bridgehead atoms. The van der Waals surface area contributed by atoms with Crippen molar-refractivity contribution in [3.8, 4) is 11.5 Å². The number of benzene rings is 2. The Morgan fingerprint density at radius 1 is 1.30 bits per heavy atom. The molecule has 1 aliphatic rings. The van der Waals surface area contributed by atoms with Crippen LogP contribution in [0.2, 0.25) is 0 Å². The van der Waals surface area contributed by atoms with Gasteiger partial charge < -0.3 is 9.47 Å². The van der Waals surface area contributed by atoms with Gasteiger partial charge in [-0.05, 0) is 61.6 Å². The summed E-state index contributed by atoms with van der Waals surface area (Å²) >= 11 is 8.44. The zero-order valence-electron chi connectivity index (χ0n) is 17.1. The number of thiocarbonyl (C=S) groups is 1. The van der Waals surface area contributed by atoms with Gasteiger partial charge in [-0.3, -0.25) is 9.69 Å². The fourth-order valence-corrected chi connectivity index (χ4v) is 4.91. The number of rotatable bonds is 8. The lowest BCUT2D eigenvalue weighted by molar-refractivity contribution is -0.113. The highest BCUT2D eigenvalue weighted by molar-refractivity contribution is 8.27. The van der Waals surface area contributed by atoms with E-state index in [-0.39, 0.29) is 5.91 Å². The number of anilines is 1. The Hall–Kier alpha value is -2.22. The summed E-state index contributed by atoms with van der Waals surface area (Å²) in [6, 6.07) is 11.7. The molecule has 0 atom stereocenters. The van der Waals surface area contributed by atoms with Gasteiger partial charge in [0.25, 0.3) is 5.91 Å². The van der Waals surface area contributed by atoms with Crippen molar-refractivity contribution in [1.82, 2.24) is 0 Å². The van der Waals surface area contributed by atoms with E-state index >= 15 is 0 Å². The molecule has 2 aromatic carbocycles. The minimum Gasteiger partial charge on any atom is -0.493 e. The molecule has 0 saturated carbocycles. The fourth-order valence-electron chi connectivity index (χ4n) is 3.16. The average Bonchev–Trinajstić information content (AvgIpc) is 3.01. The van der Waals surface area contributed by atoms with E-state index in [9.17, 15) is 4.79 Å². The molecular formula is C23H23NO3S3. The van der Waals surface area contributed by atoms with E-state index in [4.69, 9.17) is 21.7 Å². The third kappa shape index (κ3) is 4.74. The van der Waals surface area contributed by atoms with Crippen molar-refractivity contribution in [2.24, 2.45) is 0 Å². The van der Waals surface area contributed by atoms with Crippen LogP contribution in [0.15, 0.2) is 58.9 Å². The molecule has 1 fully saturated rings. The maximum absolute atomic E-state index is 13.1. The van der Waals surface area contributed by atoms with Crippen LogP contribution in [0.1, 0.15) is 18.1 Å². The minimum absolute atomic E-state index is 0.123. The van der Waals surface area contributed by atoms with Crippen LogP contribution in [-0.4, -0.2) is 30.2 Å². The van der Waals surface area contributed by atoms with Crippen LogP contribution in [0.25, 0.3) is 6.08 Å². The Labute approximate surface area is 191 Å². The molecule has 1 aliphatic heterocycles. The molecule has 0 radical (unpaired) electrons. The molecule has 1 saturated heterocycles. The van der Waals surface area contributed by atoms with Crippen molar-refractivity contribution < 1.29 is 14.3 Å². The zero-order valence-corrected chi connectivity index (χ0v) is 19.6. The first kappa shape index (κ1) is 22.5. The van der Waals surface area contributed by atoms with E-state index in [0.29, 0.717) is 33.8 Å². The quantitative estimate of drug-likeness (QED) is 0.211. The van der Waals surface area contributed by atoms with Gasteiger partial charge in [-0.25, -0.2) is 0 Å². The molecule has 0 unspecified atom stereocenters. The lowest BCUT2D eigenvalue weighted by atomic mass is 10.0. The van der Waals surface area contributed by atoms with Crippen molar-refractivity contribution in [2.75, 3.05) is 24.9 Å². The number of methoxy groups -OCH3 is 1. The topological polar surface area (TPSA) is 38.8 Å². The molecule has 0 spiro atoms. The van der Waals surface area contributed by atoms with Crippen LogP contribution in [0.4, 0.5) is 5.69 Å². The van der Waals surface area contributed by atoms with Crippen LogP contribution in [0.3, 0.4) is 0 Å². The fraction of sp³-hybridized carbons (Fsp3) is 0.217. The van der Waals surface area contributed by atoms with Crippen LogP contribution in [-0.2, 0) is 11.2 Å². The molecular weight excluding hydrogens is 434 g/mol. The molecule has 30 heavy (non-hydrogen) atoms. The van der Waals surface area contributed by atoms with E-state index < -0.39 is 0 Å². The summed E-state index contributed by atoms with van der Waals surface area (Å²) in [6.45, 7) is 6.26. The molecule has 156 valence electrons. The highest BCUT2D eigenvalue weighted by Crippen LogP contribution is 2.39. The number of nitrogens with zero attached hydrogens (tertiary/aromatic N) is 1. The predicted molar refractivity (Wildman–Crippen MR) is 132 cm³/mol. The highest BCUT2D eigenvalue weighted by atomic mass is 32.2. The number of ether oxygens (including phenoxy) is 2. The molecule has 0 N–H and O–H groups in total. The van der Waals surface area contributed by atoms with Crippen molar-refractivity contribution in [3.63, 3.8) is 0 Å². The number of carbonyl (C=O) groups is 1. The Morgan fingerprint density at radius 3 is 2.77 bits per heavy atom. The summed E-state index contributed by atoms with van der Waals surface area (Å²) in [7, 11) is 1.62. The predicted octanol–water partition coefficient (Wildman–Crippen LogP) is 5.95. The van der Waals surface area contributed by atoms with Crippen LogP contribution in [0, 0.1) is 0 Å². The van der Waals surface area contributed by atoms with Gasteiger partial charge in [0.1, 0.15) is 0 Å². The molecule has 2 aromatic rings. The maximum Gasteiger partial charge on any atom is 0.270 e. The Bertz CT molecular complexity index is 1020. The van der Waals surface area contributed by atoms with Crippen molar-refractivity contribution in [2.45, 2.75) is 18.2 Å². The van der Waals surface area contributed by atoms with Gasteiger partial charge in [0, 0.05) is 10.5 Å². The smallest absolute Gasteiger partial charge is 0.270 e. The first-order chi connectivity index (χ1) is 14.5. The Balaban J connectivity index is 1.99. The first-order valence-electron chi connectivity index (χ1n) is 9.39. The van der Waals surface area contributed by atoms with Gasteiger partial charge in [-0.1, -0.05) is 36.1 Å². The van der Waals surface area contributed by atoms with Crippen LogP contribution < -0.4 is 14.4 Å². The minimum atomic E-state index is -0.123. The number of amides is 1. The van der Waals surface area contributed by atoms with E-state index in [0.717, 1.165) is 21.7 Å². The maximum atomic E-state index is 13.1. The molecule has 3 rings (SSSR count). The highest BCUT2D eigenvalue weighted by Gasteiger charge is 2.33. The Kier molecular flexibility index (Phi) is 7.64. The number of hydrogen-bond donors (Lipinski definition) is 0. The summed E-state index contributed by atoms with van der Waals surface area (Å²) in [4.78, 5) is 16.4. The lowest BCUT2D eigenvalue weighted by Gasteiger charge is -2.15. The van der Waals surface area contributed by atoms with Crippen LogP contribution in [0.5, 0.6) is 11.5 Å². The molecule has 1 amide bonds. The van der Waals surface area contributed by atoms with E-state index in [1.807, 2.05) is 61.7 Å². The van der Waals surface area contributed by atoms with Crippen molar-refractivity contribution in [1.29, 1.82) is 0 Å². The second-order valence-corrected chi connectivity index (χ2v) is 8.91. The van der Waals surface area contributed by atoms with Gasteiger partial charge in [0.05, 0.1) is 24.3 Å². The average molecular weight is 458 g/mol. The molecule has 4 nitrogen and oxygen atoms in total. The normalized spacial score (nSPS) is 15.0.